The maximum absolute atomic E-state index is 12.8. The molecule has 0 spiro atoms. The Hall–Kier alpha value is -2.42. The monoisotopic (exact) mass is 471 g/mol. The van der Waals surface area contributed by atoms with Gasteiger partial charge in [-0.1, -0.05) is 30.3 Å². The smallest absolute Gasteiger partial charge is 0.223 e. The number of sulfonamides is 1. The van der Waals surface area contributed by atoms with Crippen molar-refractivity contribution in [2.45, 2.75) is 51.4 Å². The number of benzene rings is 2. The van der Waals surface area contributed by atoms with Crippen molar-refractivity contribution in [1.82, 2.24) is 9.21 Å². The van der Waals surface area contributed by atoms with Crippen LogP contribution in [0.25, 0.3) is 0 Å². The summed E-state index contributed by atoms with van der Waals surface area (Å²) >= 11 is 0. The van der Waals surface area contributed by atoms with E-state index in [1.54, 1.807) is 23.2 Å². The highest BCUT2D eigenvalue weighted by Gasteiger charge is 2.40. The van der Waals surface area contributed by atoms with Gasteiger partial charge in [-0.2, -0.15) is 4.31 Å². The molecule has 4 rings (SSSR count). The van der Waals surface area contributed by atoms with Crippen LogP contribution in [0, 0.1) is 0 Å². The zero-order chi connectivity index (χ0) is 23.6. The summed E-state index contributed by atoms with van der Waals surface area (Å²) in [6, 6.07) is 15.8. The number of anilines is 1. The van der Waals surface area contributed by atoms with E-state index in [1.807, 2.05) is 42.5 Å². The highest BCUT2D eigenvalue weighted by Crippen LogP contribution is 2.33. The summed E-state index contributed by atoms with van der Waals surface area (Å²) in [5.74, 6) is 0.782. The molecule has 0 saturated carbocycles. The molecule has 0 aromatic heterocycles. The first kappa shape index (κ1) is 23.7. The van der Waals surface area contributed by atoms with Gasteiger partial charge >= 0.3 is 0 Å². The van der Waals surface area contributed by atoms with Crippen LogP contribution in [0.4, 0.5) is 5.69 Å². The number of hydrogen-bond acceptors (Lipinski definition) is 5. The van der Waals surface area contributed by atoms with Gasteiger partial charge in [-0.15, -0.1) is 0 Å². The standard InChI is InChI=1S/C25H33N3O4S/c1-19(29)27-15-14-22-10-11-23(28(22)33(3,30)31)18-26(17-21-6-4-5-7-25(21)27)16-20-8-12-24(32-2)13-9-20/h4-9,12-13,22-23H,10-11,14-18H2,1-3H3/t22-,23+/m1/s1. The second-order valence-corrected chi connectivity index (χ2v) is 11.0. The van der Waals surface area contributed by atoms with E-state index >= 15 is 0 Å². The molecule has 1 saturated heterocycles. The Balaban J connectivity index is 1.72. The second kappa shape index (κ2) is 9.83. The number of para-hydroxylation sites is 1. The zero-order valence-corrected chi connectivity index (χ0v) is 20.4. The van der Waals surface area contributed by atoms with Crippen LogP contribution in [0.15, 0.2) is 48.5 Å². The van der Waals surface area contributed by atoms with Gasteiger partial charge < -0.3 is 9.64 Å². The van der Waals surface area contributed by atoms with E-state index < -0.39 is 10.0 Å². The molecule has 2 aromatic carbocycles. The van der Waals surface area contributed by atoms with Gasteiger partial charge in [-0.05, 0) is 48.6 Å². The minimum atomic E-state index is -3.37. The lowest BCUT2D eigenvalue weighted by Crippen LogP contribution is -2.46. The number of hydrogen-bond donors (Lipinski definition) is 0. The van der Waals surface area contributed by atoms with Crippen molar-refractivity contribution in [3.05, 3.63) is 59.7 Å². The third-order valence-corrected chi connectivity index (χ3v) is 8.07. The van der Waals surface area contributed by atoms with Gasteiger partial charge in [0.2, 0.25) is 15.9 Å². The number of carbonyl (C=O) groups excluding carboxylic acids is 1. The van der Waals surface area contributed by atoms with Crippen molar-refractivity contribution in [2.75, 3.05) is 31.4 Å². The van der Waals surface area contributed by atoms with Crippen LogP contribution in [-0.4, -0.2) is 62.1 Å². The van der Waals surface area contributed by atoms with Gasteiger partial charge in [0.1, 0.15) is 5.75 Å². The van der Waals surface area contributed by atoms with E-state index in [-0.39, 0.29) is 18.0 Å². The summed E-state index contributed by atoms with van der Waals surface area (Å²) in [6.45, 7) is 4.04. The molecule has 2 aliphatic heterocycles. The SMILES string of the molecule is COc1ccc(CN2Cc3ccccc3N(C(C)=O)CC[C@H]3CC[C@@H](C2)N3S(C)(=O)=O)cc1. The Morgan fingerprint density at radius 2 is 1.73 bits per heavy atom. The first-order valence-corrected chi connectivity index (χ1v) is 13.3. The summed E-state index contributed by atoms with van der Waals surface area (Å²) in [4.78, 5) is 16.7. The van der Waals surface area contributed by atoms with Crippen LogP contribution < -0.4 is 9.64 Å². The second-order valence-electron chi connectivity index (χ2n) is 9.08. The Kier molecular flexibility index (Phi) is 7.07. The molecule has 8 heteroatoms. The molecular formula is C25H33N3O4S. The van der Waals surface area contributed by atoms with Gasteiger partial charge in [0.05, 0.1) is 13.4 Å². The maximum atomic E-state index is 12.8. The summed E-state index contributed by atoms with van der Waals surface area (Å²) in [7, 11) is -1.72. The van der Waals surface area contributed by atoms with Crippen LogP contribution in [0.3, 0.4) is 0 Å². The Morgan fingerprint density at radius 1 is 1.03 bits per heavy atom. The van der Waals surface area contributed by atoms with E-state index in [2.05, 4.69) is 11.0 Å². The molecule has 2 aromatic rings. The van der Waals surface area contributed by atoms with E-state index in [0.717, 1.165) is 35.4 Å². The fraction of sp³-hybridized carbons (Fsp3) is 0.480. The largest absolute Gasteiger partial charge is 0.497 e. The molecule has 0 radical (unpaired) electrons. The maximum Gasteiger partial charge on any atom is 0.223 e. The number of fused-ring (bicyclic) bond motifs is 3. The minimum absolute atomic E-state index is 0.0242. The van der Waals surface area contributed by atoms with Crippen LogP contribution >= 0.6 is 0 Å². The predicted molar refractivity (Wildman–Crippen MR) is 130 cm³/mol. The van der Waals surface area contributed by atoms with Gasteiger partial charge in [-0.3, -0.25) is 9.69 Å². The van der Waals surface area contributed by atoms with Crippen molar-refractivity contribution in [2.24, 2.45) is 0 Å². The Labute approximate surface area is 197 Å². The third-order valence-electron chi connectivity index (χ3n) is 6.71. The van der Waals surface area contributed by atoms with Crippen molar-refractivity contribution < 1.29 is 17.9 Å². The average molecular weight is 472 g/mol. The highest BCUT2D eigenvalue weighted by atomic mass is 32.2. The molecule has 178 valence electrons. The predicted octanol–water partition coefficient (Wildman–Crippen LogP) is 3.25. The topological polar surface area (TPSA) is 70.2 Å². The Morgan fingerprint density at radius 3 is 2.39 bits per heavy atom. The number of amides is 1. The van der Waals surface area contributed by atoms with E-state index in [0.29, 0.717) is 32.6 Å². The first-order valence-electron chi connectivity index (χ1n) is 11.5. The Bertz CT molecular complexity index is 1090. The molecule has 1 fully saturated rings. The quantitative estimate of drug-likeness (QED) is 0.685. The van der Waals surface area contributed by atoms with Crippen molar-refractivity contribution in [1.29, 1.82) is 0 Å². The minimum Gasteiger partial charge on any atom is -0.497 e. The molecule has 0 unspecified atom stereocenters. The van der Waals surface area contributed by atoms with Gasteiger partial charge in [-0.25, -0.2) is 8.42 Å². The normalized spacial score (nSPS) is 22.5. The van der Waals surface area contributed by atoms with E-state index in [9.17, 15) is 13.2 Å². The average Bonchev–Trinajstić information content (AvgIpc) is 3.16. The van der Waals surface area contributed by atoms with Crippen molar-refractivity contribution in [3.63, 3.8) is 0 Å². The van der Waals surface area contributed by atoms with Gasteiger partial charge in [0.15, 0.2) is 0 Å². The van der Waals surface area contributed by atoms with Gasteiger partial charge in [0, 0.05) is 50.9 Å². The highest BCUT2D eigenvalue weighted by molar-refractivity contribution is 7.88. The van der Waals surface area contributed by atoms with Crippen LogP contribution in [0.1, 0.15) is 37.3 Å². The molecule has 1 amide bonds. The molecule has 7 nitrogen and oxygen atoms in total. The molecule has 33 heavy (non-hydrogen) atoms. The van der Waals surface area contributed by atoms with Crippen LogP contribution in [-0.2, 0) is 27.9 Å². The summed E-state index contributed by atoms with van der Waals surface area (Å²) in [6.07, 6.45) is 3.60. The van der Waals surface area contributed by atoms with Crippen LogP contribution in [0.2, 0.25) is 0 Å². The number of ether oxygens (including phenoxy) is 1. The summed E-state index contributed by atoms with van der Waals surface area (Å²) in [5, 5.41) is 0. The van der Waals surface area contributed by atoms with Crippen molar-refractivity contribution in [3.8, 4) is 5.75 Å². The van der Waals surface area contributed by atoms with E-state index in [1.165, 1.54) is 6.26 Å². The summed E-state index contributed by atoms with van der Waals surface area (Å²) in [5.41, 5.74) is 3.12. The molecule has 0 N–H and O–H groups in total. The molecular weight excluding hydrogens is 438 g/mol. The molecule has 2 heterocycles. The van der Waals surface area contributed by atoms with Gasteiger partial charge in [0.25, 0.3) is 0 Å². The number of nitrogens with zero attached hydrogens (tertiary/aromatic N) is 3. The number of carbonyl (C=O) groups is 1. The summed E-state index contributed by atoms with van der Waals surface area (Å²) < 4.78 is 32.6. The molecule has 2 atom stereocenters. The van der Waals surface area contributed by atoms with Crippen molar-refractivity contribution >= 4 is 21.6 Å². The molecule has 2 aliphatic rings. The first-order chi connectivity index (χ1) is 15.8. The zero-order valence-electron chi connectivity index (χ0n) is 19.6. The number of methoxy groups -OCH3 is 1. The fourth-order valence-corrected chi connectivity index (χ4v) is 6.73. The molecule has 2 bridgehead atoms. The van der Waals surface area contributed by atoms with Crippen LogP contribution in [0.5, 0.6) is 5.75 Å². The molecule has 0 aliphatic carbocycles. The number of rotatable bonds is 4. The lowest BCUT2D eigenvalue weighted by Gasteiger charge is -2.32. The lowest BCUT2D eigenvalue weighted by atomic mass is 10.1. The van der Waals surface area contributed by atoms with E-state index in [4.69, 9.17) is 4.74 Å². The lowest BCUT2D eigenvalue weighted by molar-refractivity contribution is -0.116. The third kappa shape index (κ3) is 5.39. The fourth-order valence-electron chi connectivity index (χ4n) is 5.27.